The number of rotatable bonds is 4. The number of aromatic nitrogens is 2. The molecule has 0 N–H and O–H groups in total. The molecule has 0 radical (unpaired) electrons. The Kier molecular flexibility index (Phi) is 6.10. The van der Waals surface area contributed by atoms with Crippen LogP contribution in [-0.4, -0.2) is 64.2 Å². The fourth-order valence-corrected chi connectivity index (χ4v) is 5.54. The number of aliphatic imine (C=N–C) groups is 1. The molecule has 2 bridgehead atoms. The molecular formula is C25H30ClN5O2. The van der Waals surface area contributed by atoms with Gasteiger partial charge >= 0.3 is 0 Å². The molecule has 1 amide bonds. The Balaban J connectivity index is 1.43. The number of piperidine rings is 2. The first-order valence-electron chi connectivity index (χ1n) is 11.7. The van der Waals surface area contributed by atoms with Gasteiger partial charge in [-0.1, -0.05) is 24.6 Å². The Morgan fingerprint density at radius 2 is 2.03 bits per heavy atom. The van der Waals surface area contributed by atoms with E-state index in [-0.39, 0.29) is 24.2 Å². The molecule has 3 aliphatic heterocycles. The highest BCUT2D eigenvalue weighted by atomic mass is 35.5. The van der Waals surface area contributed by atoms with Crippen molar-refractivity contribution >= 4 is 23.7 Å². The second-order valence-corrected chi connectivity index (χ2v) is 10.1. The number of nitrogens with zero attached hydrogens (tertiary/aromatic N) is 5. The molecule has 4 aliphatic rings. The van der Waals surface area contributed by atoms with Crippen molar-refractivity contribution in [2.24, 2.45) is 16.8 Å². The quantitative estimate of drug-likeness (QED) is 0.675. The van der Waals surface area contributed by atoms with Crippen molar-refractivity contribution in [2.75, 3.05) is 20.1 Å². The van der Waals surface area contributed by atoms with Gasteiger partial charge in [-0.15, -0.1) is 0 Å². The fourth-order valence-electron chi connectivity index (χ4n) is 5.42. The second-order valence-electron chi connectivity index (χ2n) is 9.65. The van der Waals surface area contributed by atoms with E-state index >= 15 is 0 Å². The molecule has 0 aromatic carbocycles. The lowest BCUT2D eigenvalue weighted by Gasteiger charge is -2.49. The van der Waals surface area contributed by atoms with Crippen LogP contribution in [0.25, 0.3) is 0 Å². The topological polar surface area (TPSA) is 70.9 Å². The minimum absolute atomic E-state index is 0.00255. The minimum atomic E-state index is -0.194. The molecule has 5 heterocycles. The van der Waals surface area contributed by atoms with Crippen LogP contribution in [0.15, 0.2) is 35.5 Å². The molecule has 0 spiro atoms. The molecule has 5 unspecified atom stereocenters. The Bertz CT molecular complexity index is 1060. The molecule has 2 aromatic rings. The highest BCUT2D eigenvalue weighted by Crippen LogP contribution is 2.38. The van der Waals surface area contributed by atoms with Crippen molar-refractivity contribution in [3.05, 3.63) is 52.4 Å². The van der Waals surface area contributed by atoms with Crippen LogP contribution < -0.4 is 4.74 Å². The SMILES string of the molecule is Cc1ccc(C2N=CC(C)CN2C)c(C(=O)N2CC3CCC2C(Oc2ccc(Cl)cn2)C3)n1. The highest BCUT2D eigenvalue weighted by molar-refractivity contribution is 6.30. The van der Waals surface area contributed by atoms with Crippen LogP contribution in [0.2, 0.25) is 5.02 Å². The molecule has 8 heteroatoms. The standard InChI is InChI=1S/C25H30ClN5O2/c1-15-11-28-24(30(3)13-15)19-7-4-16(2)29-23(19)25(32)31-14-17-5-8-20(31)21(10-17)33-22-9-6-18(26)12-27-22/h4,6-7,9,11-12,15,17,20-21,24H,5,8,10,13-14H2,1-3H3. The van der Waals surface area contributed by atoms with Crippen molar-refractivity contribution in [2.45, 2.75) is 51.4 Å². The number of halogens is 1. The van der Waals surface area contributed by atoms with E-state index < -0.39 is 0 Å². The summed E-state index contributed by atoms with van der Waals surface area (Å²) in [6, 6.07) is 7.54. The van der Waals surface area contributed by atoms with Crippen molar-refractivity contribution in [3.8, 4) is 5.88 Å². The number of amides is 1. The van der Waals surface area contributed by atoms with Crippen molar-refractivity contribution in [3.63, 3.8) is 0 Å². The minimum Gasteiger partial charge on any atom is -0.472 e. The summed E-state index contributed by atoms with van der Waals surface area (Å²) >= 11 is 5.97. The van der Waals surface area contributed by atoms with E-state index in [0.717, 1.165) is 43.6 Å². The predicted octanol–water partition coefficient (Wildman–Crippen LogP) is 4.16. The normalized spacial score (nSPS) is 29.3. The number of hydrogen-bond acceptors (Lipinski definition) is 6. The van der Waals surface area contributed by atoms with Gasteiger partial charge < -0.3 is 9.64 Å². The van der Waals surface area contributed by atoms with E-state index in [4.69, 9.17) is 26.3 Å². The molecule has 1 saturated carbocycles. The van der Waals surface area contributed by atoms with E-state index in [9.17, 15) is 4.79 Å². The maximum Gasteiger partial charge on any atom is 0.273 e. The Morgan fingerprint density at radius 1 is 1.18 bits per heavy atom. The third kappa shape index (κ3) is 4.49. The Hall–Kier alpha value is -2.51. The van der Waals surface area contributed by atoms with Gasteiger partial charge in [-0.05, 0) is 51.3 Å². The number of hydrogen-bond donors (Lipinski definition) is 0. The summed E-state index contributed by atoms with van der Waals surface area (Å²) in [6.45, 7) is 5.72. The fraction of sp³-hybridized carbons (Fsp3) is 0.520. The zero-order valence-electron chi connectivity index (χ0n) is 19.3. The van der Waals surface area contributed by atoms with E-state index in [2.05, 4.69) is 23.9 Å². The molecule has 174 valence electrons. The van der Waals surface area contributed by atoms with Gasteiger partial charge in [0.05, 0.1) is 11.1 Å². The van der Waals surface area contributed by atoms with Crippen LogP contribution in [0.4, 0.5) is 0 Å². The number of carbonyl (C=O) groups excluding carboxylic acids is 1. The van der Waals surface area contributed by atoms with E-state index in [1.54, 1.807) is 18.3 Å². The van der Waals surface area contributed by atoms with E-state index in [0.29, 0.717) is 28.4 Å². The molecule has 33 heavy (non-hydrogen) atoms. The monoisotopic (exact) mass is 467 g/mol. The van der Waals surface area contributed by atoms with Gasteiger partial charge in [0.2, 0.25) is 5.88 Å². The number of carbonyl (C=O) groups is 1. The zero-order valence-corrected chi connectivity index (χ0v) is 20.1. The largest absolute Gasteiger partial charge is 0.472 e. The zero-order chi connectivity index (χ0) is 23.1. The first kappa shape index (κ1) is 22.3. The predicted molar refractivity (Wildman–Crippen MR) is 128 cm³/mol. The number of pyridine rings is 2. The summed E-state index contributed by atoms with van der Waals surface area (Å²) in [5, 5.41) is 0.576. The Morgan fingerprint density at radius 3 is 2.76 bits per heavy atom. The lowest BCUT2D eigenvalue weighted by molar-refractivity contribution is -0.0317. The smallest absolute Gasteiger partial charge is 0.273 e. The summed E-state index contributed by atoms with van der Waals surface area (Å²) in [5.41, 5.74) is 2.21. The van der Waals surface area contributed by atoms with E-state index in [1.807, 2.05) is 30.2 Å². The number of fused-ring (bicyclic) bond motifs is 3. The van der Waals surface area contributed by atoms with Gasteiger partial charge in [0.1, 0.15) is 18.0 Å². The maximum atomic E-state index is 13.9. The first-order chi connectivity index (χ1) is 15.9. The molecule has 2 saturated heterocycles. The van der Waals surface area contributed by atoms with Crippen LogP contribution in [-0.2, 0) is 0 Å². The third-order valence-corrected chi connectivity index (χ3v) is 7.20. The highest BCUT2D eigenvalue weighted by Gasteiger charge is 2.45. The first-order valence-corrected chi connectivity index (χ1v) is 12.1. The molecule has 2 aromatic heterocycles. The summed E-state index contributed by atoms with van der Waals surface area (Å²) in [4.78, 5) is 31.9. The number of aryl methyl sites for hydroxylation is 1. The van der Waals surface area contributed by atoms with Crippen molar-refractivity contribution < 1.29 is 9.53 Å². The molecule has 5 atom stereocenters. The van der Waals surface area contributed by atoms with Crippen LogP contribution in [0.3, 0.4) is 0 Å². The summed E-state index contributed by atoms with van der Waals surface area (Å²) in [5.74, 6) is 1.33. The molecule has 6 rings (SSSR count). The van der Waals surface area contributed by atoms with Crippen LogP contribution in [0, 0.1) is 18.8 Å². The average molecular weight is 468 g/mol. The lowest BCUT2D eigenvalue weighted by Crippen LogP contribution is -2.59. The molecule has 3 fully saturated rings. The maximum absolute atomic E-state index is 13.9. The molecule has 7 nitrogen and oxygen atoms in total. The van der Waals surface area contributed by atoms with Crippen molar-refractivity contribution in [1.82, 2.24) is 19.8 Å². The van der Waals surface area contributed by atoms with E-state index in [1.165, 1.54) is 0 Å². The van der Waals surface area contributed by atoms with Gasteiger partial charge in [0, 0.05) is 48.7 Å². The van der Waals surface area contributed by atoms with Crippen LogP contribution in [0.1, 0.15) is 54.1 Å². The Labute approximate surface area is 199 Å². The third-order valence-electron chi connectivity index (χ3n) is 6.98. The van der Waals surface area contributed by atoms with Gasteiger partial charge in [-0.2, -0.15) is 0 Å². The number of ether oxygens (including phenoxy) is 1. The van der Waals surface area contributed by atoms with Crippen LogP contribution in [0.5, 0.6) is 5.88 Å². The average Bonchev–Trinajstić information content (AvgIpc) is 2.81. The van der Waals surface area contributed by atoms with Crippen molar-refractivity contribution in [1.29, 1.82) is 0 Å². The van der Waals surface area contributed by atoms with Gasteiger partial charge in [-0.25, -0.2) is 9.97 Å². The van der Waals surface area contributed by atoms with Crippen LogP contribution >= 0.6 is 11.6 Å². The summed E-state index contributed by atoms with van der Waals surface area (Å²) < 4.78 is 6.24. The summed E-state index contributed by atoms with van der Waals surface area (Å²) in [6.07, 6.45) is 6.27. The van der Waals surface area contributed by atoms with Gasteiger partial charge in [0.25, 0.3) is 5.91 Å². The molecule has 1 aliphatic carbocycles. The van der Waals surface area contributed by atoms with Gasteiger partial charge in [-0.3, -0.25) is 14.7 Å². The summed E-state index contributed by atoms with van der Waals surface area (Å²) in [7, 11) is 2.05. The lowest BCUT2D eigenvalue weighted by atomic mass is 9.77. The second kappa shape index (κ2) is 9.03. The molecular weight excluding hydrogens is 438 g/mol. The van der Waals surface area contributed by atoms with Gasteiger partial charge in [0.15, 0.2) is 0 Å².